The molecule has 0 N–H and O–H groups in total. The number of rotatable bonds is 6. The number of aryl methyl sites for hydroxylation is 1. The number of fused-ring (bicyclic) bond motifs is 1. The molecule has 0 saturated carbocycles. The van der Waals surface area contributed by atoms with E-state index in [1.807, 2.05) is 26.0 Å². The monoisotopic (exact) mass is 313 g/mol. The van der Waals surface area contributed by atoms with Gasteiger partial charge in [0.15, 0.2) is 5.75 Å². The Morgan fingerprint density at radius 2 is 2.00 bits per heavy atom. The van der Waals surface area contributed by atoms with Gasteiger partial charge in [-0.15, -0.1) is 0 Å². The molecule has 5 heteroatoms. The van der Waals surface area contributed by atoms with Crippen LogP contribution in [0.1, 0.15) is 19.5 Å². The van der Waals surface area contributed by atoms with Crippen LogP contribution >= 0.6 is 15.9 Å². The average molecular weight is 314 g/mol. The minimum atomic E-state index is 0.563. The zero-order chi connectivity index (χ0) is 13.0. The molecule has 0 amide bonds. The Labute approximate surface area is 114 Å². The van der Waals surface area contributed by atoms with Crippen LogP contribution in [0.5, 0.6) is 11.5 Å². The zero-order valence-electron chi connectivity index (χ0n) is 10.5. The first-order valence-electron chi connectivity index (χ1n) is 6.04. The van der Waals surface area contributed by atoms with Crippen molar-refractivity contribution >= 4 is 26.9 Å². The molecular weight excluding hydrogens is 298 g/mol. The maximum atomic E-state index is 5.62. The summed E-state index contributed by atoms with van der Waals surface area (Å²) in [6.07, 6.45) is 0.826. The van der Waals surface area contributed by atoms with Crippen molar-refractivity contribution in [3.63, 3.8) is 0 Å². The number of benzene rings is 1. The first-order valence-corrected chi connectivity index (χ1v) is 7.16. The molecule has 0 radical (unpaired) electrons. The molecule has 4 nitrogen and oxygen atoms in total. The lowest BCUT2D eigenvalue weighted by Crippen LogP contribution is -1.98. The molecule has 1 aromatic heterocycles. The number of halogens is 1. The summed E-state index contributed by atoms with van der Waals surface area (Å²) in [6, 6.07) is 3.88. The highest BCUT2D eigenvalue weighted by Crippen LogP contribution is 2.37. The van der Waals surface area contributed by atoms with Crippen molar-refractivity contribution in [3.05, 3.63) is 17.8 Å². The van der Waals surface area contributed by atoms with Crippen molar-refractivity contribution in [2.45, 2.75) is 20.3 Å². The first kappa shape index (κ1) is 13.2. The largest absolute Gasteiger partial charge is 0.490 e. The van der Waals surface area contributed by atoms with Crippen LogP contribution in [0.3, 0.4) is 0 Å². The zero-order valence-corrected chi connectivity index (χ0v) is 12.1. The van der Waals surface area contributed by atoms with Gasteiger partial charge in [-0.2, -0.15) is 0 Å². The Balaban J connectivity index is 2.52. The smallest absolute Gasteiger partial charge is 0.212 e. The molecule has 1 aromatic carbocycles. The molecular formula is C13H16BrNO3. The molecule has 0 fully saturated rings. The van der Waals surface area contributed by atoms with Crippen LogP contribution in [-0.2, 0) is 6.42 Å². The number of aromatic nitrogens is 1. The third kappa shape index (κ3) is 2.46. The normalized spacial score (nSPS) is 10.8. The number of hydrogen-bond acceptors (Lipinski definition) is 4. The van der Waals surface area contributed by atoms with Gasteiger partial charge in [-0.3, -0.25) is 0 Å². The van der Waals surface area contributed by atoms with Gasteiger partial charge >= 0.3 is 0 Å². The Morgan fingerprint density at radius 1 is 1.22 bits per heavy atom. The molecule has 0 aliphatic carbocycles. The highest BCUT2D eigenvalue weighted by molar-refractivity contribution is 9.09. The Morgan fingerprint density at radius 3 is 2.67 bits per heavy atom. The van der Waals surface area contributed by atoms with Crippen molar-refractivity contribution in [1.29, 1.82) is 0 Å². The van der Waals surface area contributed by atoms with E-state index in [-0.39, 0.29) is 0 Å². The Hall–Kier alpha value is -1.23. The van der Waals surface area contributed by atoms with E-state index in [0.717, 1.165) is 22.8 Å². The maximum Gasteiger partial charge on any atom is 0.212 e. The summed E-state index contributed by atoms with van der Waals surface area (Å²) in [4.78, 5) is 0. The number of alkyl halides is 1. The average Bonchev–Trinajstić information content (AvgIpc) is 2.77. The molecule has 0 saturated heterocycles. The maximum absolute atomic E-state index is 5.62. The number of hydrogen-bond donors (Lipinski definition) is 0. The van der Waals surface area contributed by atoms with Crippen LogP contribution in [0.25, 0.3) is 11.0 Å². The number of ether oxygens (including phenoxy) is 2. The van der Waals surface area contributed by atoms with Crippen LogP contribution in [0.15, 0.2) is 16.7 Å². The van der Waals surface area contributed by atoms with Crippen LogP contribution in [0.4, 0.5) is 0 Å². The number of nitrogens with zero attached hydrogens (tertiary/aromatic N) is 1. The van der Waals surface area contributed by atoms with E-state index in [4.69, 9.17) is 14.0 Å². The lowest BCUT2D eigenvalue weighted by atomic mass is 10.1. The predicted molar refractivity (Wildman–Crippen MR) is 73.8 cm³/mol. The quantitative estimate of drug-likeness (QED) is 0.765. The van der Waals surface area contributed by atoms with Gasteiger partial charge < -0.3 is 14.0 Å². The van der Waals surface area contributed by atoms with Crippen molar-refractivity contribution in [2.75, 3.05) is 18.5 Å². The van der Waals surface area contributed by atoms with Crippen molar-refractivity contribution in [2.24, 2.45) is 0 Å². The summed E-state index contributed by atoms with van der Waals surface area (Å²) in [6.45, 7) is 5.03. The van der Waals surface area contributed by atoms with Gasteiger partial charge in [0.2, 0.25) is 11.3 Å². The summed E-state index contributed by atoms with van der Waals surface area (Å²) < 4.78 is 16.6. The minimum Gasteiger partial charge on any atom is -0.490 e. The third-order valence-electron chi connectivity index (χ3n) is 2.55. The van der Waals surface area contributed by atoms with Gasteiger partial charge in [-0.25, -0.2) is 0 Å². The van der Waals surface area contributed by atoms with Gasteiger partial charge in [0, 0.05) is 17.1 Å². The van der Waals surface area contributed by atoms with Gasteiger partial charge in [0.25, 0.3) is 0 Å². The summed E-state index contributed by atoms with van der Waals surface area (Å²) in [5.74, 6) is 1.35. The van der Waals surface area contributed by atoms with Crippen LogP contribution < -0.4 is 9.47 Å². The Kier molecular flexibility index (Phi) is 4.47. The van der Waals surface area contributed by atoms with Crippen molar-refractivity contribution < 1.29 is 14.0 Å². The van der Waals surface area contributed by atoms with Gasteiger partial charge in [0.05, 0.1) is 18.9 Å². The summed E-state index contributed by atoms with van der Waals surface area (Å²) in [5.41, 5.74) is 1.60. The standard InChI is InChI=1S/C13H16BrNO3/c1-3-16-11-6-5-9-10(7-8-14)15-18-12(9)13(11)17-4-2/h5-6H,3-4,7-8H2,1-2H3. The fourth-order valence-electron chi connectivity index (χ4n) is 1.83. The van der Waals surface area contributed by atoms with E-state index in [1.165, 1.54) is 0 Å². The molecule has 0 aliphatic heterocycles. The molecule has 18 heavy (non-hydrogen) atoms. The van der Waals surface area contributed by atoms with E-state index < -0.39 is 0 Å². The van der Waals surface area contributed by atoms with Crippen molar-refractivity contribution in [1.82, 2.24) is 5.16 Å². The molecule has 98 valence electrons. The second-order valence-corrected chi connectivity index (χ2v) is 4.50. The topological polar surface area (TPSA) is 44.5 Å². The summed E-state index contributed by atoms with van der Waals surface area (Å²) >= 11 is 3.41. The van der Waals surface area contributed by atoms with E-state index >= 15 is 0 Å². The van der Waals surface area contributed by atoms with Gasteiger partial charge in [0.1, 0.15) is 0 Å². The SMILES string of the molecule is CCOc1ccc2c(CCBr)noc2c1OCC. The fourth-order valence-corrected chi connectivity index (χ4v) is 2.21. The second kappa shape index (κ2) is 6.09. The molecule has 2 aromatic rings. The van der Waals surface area contributed by atoms with Gasteiger partial charge in [-0.1, -0.05) is 21.1 Å². The molecule has 0 bridgehead atoms. The minimum absolute atomic E-state index is 0.563. The predicted octanol–water partition coefficient (Wildman–Crippen LogP) is 3.56. The second-order valence-electron chi connectivity index (χ2n) is 3.70. The molecule has 0 unspecified atom stereocenters. The lowest BCUT2D eigenvalue weighted by molar-refractivity contribution is 0.285. The van der Waals surface area contributed by atoms with E-state index in [2.05, 4.69) is 21.1 Å². The van der Waals surface area contributed by atoms with Gasteiger partial charge in [-0.05, 0) is 26.0 Å². The van der Waals surface area contributed by atoms with E-state index in [0.29, 0.717) is 30.3 Å². The molecule has 0 atom stereocenters. The van der Waals surface area contributed by atoms with E-state index in [9.17, 15) is 0 Å². The van der Waals surface area contributed by atoms with Crippen LogP contribution in [-0.4, -0.2) is 23.7 Å². The van der Waals surface area contributed by atoms with Crippen molar-refractivity contribution in [3.8, 4) is 11.5 Å². The third-order valence-corrected chi connectivity index (χ3v) is 2.95. The first-order chi connectivity index (χ1) is 8.81. The molecule has 2 rings (SSSR count). The fraction of sp³-hybridized carbons (Fsp3) is 0.462. The molecule has 0 spiro atoms. The highest BCUT2D eigenvalue weighted by atomic mass is 79.9. The van der Waals surface area contributed by atoms with E-state index in [1.54, 1.807) is 0 Å². The van der Waals surface area contributed by atoms with Crippen LogP contribution in [0, 0.1) is 0 Å². The lowest BCUT2D eigenvalue weighted by Gasteiger charge is -2.10. The van der Waals surface area contributed by atoms with Crippen LogP contribution in [0.2, 0.25) is 0 Å². The summed E-state index contributed by atoms with van der Waals surface area (Å²) in [5, 5.41) is 5.93. The Bertz CT molecular complexity index is 524. The molecule has 0 aliphatic rings. The molecule has 1 heterocycles. The summed E-state index contributed by atoms with van der Waals surface area (Å²) in [7, 11) is 0. The highest BCUT2D eigenvalue weighted by Gasteiger charge is 2.17.